The van der Waals surface area contributed by atoms with Gasteiger partial charge in [0.2, 0.25) is 0 Å². The van der Waals surface area contributed by atoms with Crippen LogP contribution in [-0.4, -0.2) is 12.1 Å². The second-order valence-corrected chi connectivity index (χ2v) is 10.6. The zero-order valence-corrected chi connectivity index (χ0v) is 15.7. The Balaban J connectivity index is 2.05. The lowest BCUT2D eigenvalue weighted by atomic mass is 9.63. The van der Waals surface area contributed by atoms with Gasteiger partial charge in [0.05, 0.1) is 0 Å². The molecule has 1 N–H and O–H groups in total. The molecule has 124 valence electrons. The lowest BCUT2D eigenvalue weighted by molar-refractivity contribution is 0.0572. The third kappa shape index (κ3) is 4.71. The molecule has 0 spiro atoms. The first kappa shape index (κ1) is 17.3. The van der Waals surface area contributed by atoms with Crippen molar-refractivity contribution in [1.29, 1.82) is 0 Å². The first-order chi connectivity index (χ1) is 9.49. The minimum Gasteiger partial charge on any atom is -0.311 e. The van der Waals surface area contributed by atoms with E-state index in [0.29, 0.717) is 16.2 Å². The molecule has 2 unspecified atom stereocenters. The predicted octanol–water partition coefficient (Wildman–Crippen LogP) is 5.79. The smallest absolute Gasteiger partial charge is 0.0103 e. The zero-order chi connectivity index (χ0) is 15.9. The Labute approximate surface area is 133 Å². The normalized spacial score (nSPS) is 33.9. The standard InChI is InChI=1S/C20H39N/c1-18(2,3)16-10-8-9-11-17(16)21-15-12-19(4,5)14-20(6,7)13-15/h15-17,21H,8-14H2,1-7H3. The van der Waals surface area contributed by atoms with Crippen molar-refractivity contribution in [3.63, 3.8) is 0 Å². The van der Waals surface area contributed by atoms with Crippen molar-refractivity contribution >= 4 is 0 Å². The molecule has 0 bridgehead atoms. The highest BCUT2D eigenvalue weighted by atomic mass is 15.0. The van der Waals surface area contributed by atoms with Crippen molar-refractivity contribution in [2.45, 2.75) is 105 Å². The van der Waals surface area contributed by atoms with Gasteiger partial charge in [0, 0.05) is 12.1 Å². The van der Waals surface area contributed by atoms with Crippen LogP contribution >= 0.6 is 0 Å². The van der Waals surface area contributed by atoms with Gasteiger partial charge < -0.3 is 5.32 Å². The third-order valence-corrected chi connectivity index (χ3v) is 5.88. The third-order valence-electron chi connectivity index (χ3n) is 5.88. The average molecular weight is 294 g/mol. The van der Waals surface area contributed by atoms with Crippen LogP contribution in [-0.2, 0) is 0 Å². The maximum atomic E-state index is 4.13. The van der Waals surface area contributed by atoms with Gasteiger partial charge in [-0.2, -0.15) is 0 Å². The van der Waals surface area contributed by atoms with Crippen LogP contribution in [0.5, 0.6) is 0 Å². The lowest BCUT2D eigenvalue weighted by Crippen LogP contribution is -2.52. The topological polar surface area (TPSA) is 12.0 Å². The van der Waals surface area contributed by atoms with E-state index in [4.69, 9.17) is 0 Å². The maximum absolute atomic E-state index is 4.13. The Morgan fingerprint density at radius 3 is 1.90 bits per heavy atom. The van der Waals surface area contributed by atoms with Crippen molar-refractivity contribution in [1.82, 2.24) is 5.32 Å². The second kappa shape index (κ2) is 5.87. The minimum atomic E-state index is 0.442. The van der Waals surface area contributed by atoms with Crippen LogP contribution in [0.25, 0.3) is 0 Å². The van der Waals surface area contributed by atoms with E-state index in [1.54, 1.807) is 0 Å². The number of hydrogen-bond acceptors (Lipinski definition) is 1. The predicted molar refractivity (Wildman–Crippen MR) is 93.5 cm³/mol. The molecule has 2 saturated carbocycles. The molecule has 0 radical (unpaired) electrons. The first-order valence-corrected chi connectivity index (χ1v) is 9.25. The van der Waals surface area contributed by atoms with Gasteiger partial charge >= 0.3 is 0 Å². The summed E-state index contributed by atoms with van der Waals surface area (Å²) in [6.07, 6.45) is 9.73. The van der Waals surface area contributed by atoms with Gasteiger partial charge in [-0.25, -0.2) is 0 Å². The van der Waals surface area contributed by atoms with Crippen LogP contribution < -0.4 is 5.32 Å². The molecule has 2 atom stereocenters. The summed E-state index contributed by atoms with van der Waals surface area (Å²) < 4.78 is 0. The quantitative estimate of drug-likeness (QED) is 0.680. The van der Waals surface area contributed by atoms with E-state index in [9.17, 15) is 0 Å². The maximum Gasteiger partial charge on any atom is 0.0103 e. The van der Waals surface area contributed by atoms with Crippen LogP contribution in [0.3, 0.4) is 0 Å². The summed E-state index contributed by atoms with van der Waals surface area (Å²) in [5, 5.41) is 4.13. The highest BCUT2D eigenvalue weighted by Crippen LogP contribution is 2.46. The van der Waals surface area contributed by atoms with Crippen molar-refractivity contribution in [2.75, 3.05) is 0 Å². The van der Waals surface area contributed by atoms with Gasteiger partial charge in [0.1, 0.15) is 0 Å². The Morgan fingerprint density at radius 1 is 0.857 bits per heavy atom. The largest absolute Gasteiger partial charge is 0.311 e. The lowest BCUT2D eigenvalue weighted by Gasteiger charge is -2.48. The molecular formula is C20H39N. The Kier molecular flexibility index (Phi) is 4.84. The molecule has 21 heavy (non-hydrogen) atoms. The number of rotatable bonds is 2. The van der Waals surface area contributed by atoms with E-state index < -0.39 is 0 Å². The summed E-state index contributed by atoms with van der Waals surface area (Å²) in [6, 6.07) is 1.46. The van der Waals surface area contributed by atoms with Crippen molar-refractivity contribution in [3.8, 4) is 0 Å². The van der Waals surface area contributed by atoms with E-state index in [1.807, 2.05) is 0 Å². The fourth-order valence-electron chi connectivity index (χ4n) is 5.63. The highest BCUT2D eigenvalue weighted by molar-refractivity contribution is 4.96. The SMILES string of the molecule is CC1(C)CC(NC2CCCCC2C(C)(C)C)CC(C)(C)C1. The number of hydrogen-bond donors (Lipinski definition) is 1. The second-order valence-electron chi connectivity index (χ2n) is 10.6. The summed E-state index contributed by atoms with van der Waals surface area (Å²) >= 11 is 0. The van der Waals surface area contributed by atoms with E-state index in [1.165, 1.54) is 44.9 Å². The number of nitrogens with one attached hydrogen (secondary N) is 1. The molecule has 0 aromatic heterocycles. The molecule has 2 aliphatic carbocycles. The van der Waals surface area contributed by atoms with Gasteiger partial charge in [0.25, 0.3) is 0 Å². The van der Waals surface area contributed by atoms with E-state index in [2.05, 4.69) is 53.8 Å². The zero-order valence-electron chi connectivity index (χ0n) is 15.7. The van der Waals surface area contributed by atoms with Crippen LogP contribution in [0.4, 0.5) is 0 Å². The molecule has 2 rings (SSSR count). The molecule has 0 aromatic carbocycles. The summed E-state index contributed by atoms with van der Waals surface area (Å²) in [7, 11) is 0. The molecular weight excluding hydrogens is 254 g/mol. The molecule has 2 aliphatic rings. The van der Waals surface area contributed by atoms with E-state index in [-0.39, 0.29) is 0 Å². The summed E-state index contributed by atoms with van der Waals surface area (Å²) in [5.74, 6) is 0.847. The van der Waals surface area contributed by atoms with Crippen LogP contribution in [0.1, 0.15) is 93.4 Å². The van der Waals surface area contributed by atoms with Crippen LogP contribution in [0, 0.1) is 22.2 Å². The fourth-order valence-corrected chi connectivity index (χ4v) is 5.63. The summed E-state index contributed by atoms with van der Waals surface area (Å²) in [6.45, 7) is 17.2. The van der Waals surface area contributed by atoms with Gasteiger partial charge in [-0.3, -0.25) is 0 Å². The highest BCUT2D eigenvalue weighted by Gasteiger charge is 2.41. The van der Waals surface area contributed by atoms with Crippen molar-refractivity contribution < 1.29 is 0 Å². The van der Waals surface area contributed by atoms with Gasteiger partial charge in [-0.1, -0.05) is 61.3 Å². The Hall–Kier alpha value is -0.0400. The van der Waals surface area contributed by atoms with E-state index in [0.717, 1.165) is 18.0 Å². The van der Waals surface area contributed by atoms with Gasteiger partial charge in [0.15, 0.2) is 0 Å². The molecule has 0 saturated heterocycles. The molecule has 0 aromatic rings. The monoisotopic (exact) mass is 293 g/mol. The summed E-state index contributed by atoms with van der Waals surface area (Å²) in [4.78, 5) is 0. The van der Waals surface area contributed by atoms with Crippen LogP contribution in [0.15, 0.2) is 0 Å². The average Bonchev–Trinajstić information content (AvgIpc) is 2.23. The van der Waals surface area contributed by atoms with E-state index >= 15 is 0 Å². The minimum absolute atomic E-state index is 0.442. The molecule has 2 fully saturated rings. The summed E-state index contributed by atoms with van der Waals surface area (Å²) in [5.41, 5.74) is 1.43. The molecule has 0 aliphatic heterocycles. The van der Waals surface area contributed by atoms with Crippen LogP contribution in [0.2, 0.25) is 0 Å². The molecule has 1 nitrogen and oxygen atoms in total. The Bertz CT molecular complexity index is 331. The molecule has 0 amide bonds. The molecule has 0 heterocycles. The van der Waals surface area contributed by atoms with Gasteiger partial charge in [-0.15, -0.1) is 0 Å². The van der Waals surface area contributed by atoms with Crippen molar-refractivity contribution in [3.05, 3.63) is 0 Å². The first-order valence-electron chi connectivity index (χ1n) is 9.25. The fraction of sp³-hybridized carbons (Fsp3) is 1.00. The van der Waals surface area contributed by atoms with Crippen molar-refractivity contribution in [2.24, 2.45) is 22.2 Å². The molecule has 1 heteroatoms. The van der Waals surface area contributed by atoms with Gasteiger partial charge in [-0.05, 0) is 54.3 Å². The Morgan fingerprint density at radius 2 is 1.38 bits per heavy atom.